The highest BCUT2D eigenvalue weighted by Crippen LogP contribution is 2.22. The maximum Gasteiger partial charge on any atom is 0.0140 e. The number of rotatable bonds is 4. The number of hydrogen-bond donors (Lipinski definition) is 1. The van der Waals surface area contributed by atoms with Crippen molar-refractivity contribution in [1.82, 2.24) is 5.32 Å². The van der Waals surface area contributed by atoms with Crippen molar-refractivity contribution in [1.29, 1.82) is 0 Å². The lowest BCUT2D eigenvalue weighted by Crippen LogP contribution is -2.15. The van der Waals surface area contributed by atoms with Gasteiger partial charge in [0.1, 0.15) is 0 Å². The van der Waals surface area contributed by atoms with Gasteiger partial charge in [0.15, 0.2) is 0 Å². The molecular formula is C16H23N. The molecule has 0 atom stereocenters. The second kappa shape index (κ2) is 5.05. The lowest BCUT2D eigenvalue weighted by molar-refractivity contribution is 0.590. The Balaban J connectivity index is 1.88. The van der Waals surface area contributed by atoms with Gasteiger partial charge in [-0.05, 0) is 29.4 Å². The largest absolute Gasteiger partial charge is 0.311 e. The summed E-state index contributed by atoms with van der Waals surface area (Å²) >= 11 is 0. The van der Waals surface area contributed by atoms with Gasteiger partial charge in [-0.2, -0.15) is 0 Å². The molecule has 1 aromatic rings. The molecule has 1 aromatic carbocycles. The van der Waals surface area contributed by atoms with Crippen LogP contribution in [-0.4, -0.2) is 12.6 Å². The SMILES string of the molecule is CC(C)(C)c1ccc(C=CCNC2CC2)cc1. The molecule has 1 nitrogen and oxygen atoms in total. The topological polar surface area (TPSA) is 12.0 Å². The maximum atomic E-state index is 3.48. The van der Waals surface area contributed by atoms with Crippen molar-refractivity contribution in [2.45, 2.75) is 45.1 Å². The smallest absolute Gasteiger partial charge is 0.0140 e. The summed E-state index contributed by atoms with van der Waals surface area (Å²) in [5.74, 6) is 0. The summed E-state index contributed by atoms with van der Waals surface area (Å²) in [6.07, 6.45) is 7.12. The molecule has 0 spiro atoms. The van der Waals surface area contributed by atoms with Crippen LogP contribution in [0.25, 0.3) is 6.08 Å². The fourth-order valence-electron chi connectivity index (χ4n) is 1.81. The van der Waals surface area contributed by atoms with Crippen molar-refractivity contribution < 1.29 is 0 Å². The van der Waals surface area contributed by atoms with Gasteiger partial charge in [0.05, 0.1) is 0 Å². The van der Waals surface area contributed by atoms with Crippen LogP contribution in [0.1, 0.15) is 44.7 Å². The molecular weight excluding hydrogens is 206 g/mol. The summed E-state index contributed by atoms with van der Waals surface area (Å²) in [7, 11) is 0. The Morgan fingerprint density at radius 2 is 1.82 bits per heavy atom. The maximum absolute atomic E-state index is 3.48. The summed E-state index contributed by atoms with van der Waals surface area (Å²) in [5, 5.41) is 3.48. The zero-order chi connectivity index (χ0) is 12.3. The Kier molecular flexibility index (Phi) is 3.68. The minimum Gasteiger partial charge on any atom is -0.311 e. The van der Waals surface area contributed by atoms with Crippen LogP contribution >= 0.6 is 0 Å². The van der Waals surface area contributed by atoms with Gasteiger partial charge in [0, 0.05) is 12.6 Å². The molecule has 92 valence electrons. The Morgan fingerprint density at radius 3 is 2.35 bits per heavy atom. The fraction of sp³-hybridized carbons (Fsp3) is 0.500. The van der Waals surface area contributed by atoms with Crippen LogP contribution < -0.4 is 5.32 Å². The van der Waals surface area contributed by atoms with Gasteiger partial charge in [-0.3, -0.25) is 0 Å². The van der Waals surface area contributed by atoms with Gasteiger partial charge in [-0.1, -0.05) is 57.2 Å². The third kappa shape index (κ3) is 4.01. The molecule has 1 fully saturated rings. The molecule has 1 aliphatic carbocycles. The highest BCUT2D eigenvalue weighted by Gasteiger charge is 2.18. The van der Waals surface area contributed by atoms with Gasteiger partial charge in [0.25, 0.3) is 0 Å². The Labute approximate surface area is 105 Å². The standard InChI is InChI=1S/C16H23N/c1-16(2,3)14-8-6-13(7-9-14)5-4-12-17-15-10-11-15/h4-9,15,17H,10-12H2,1-3H3. The van der Waals surface area contributed by atoms with Gasteiger partial charge < -0.3 is 5.32 Å². The molecule has 0 unspecified atom stereocenters. The number of hydrogen-bond acceptors (Lipinski definition) is 1. The van der Waals surface area contributed by atoms with E-state index in [1.807, 2.05) is 0 Å². The normalized spacial score (nSPS) is 16.6. The van der Waals surface area contributed by atoms with Crippen LogP contribution in [-0.2, 0) is 5.41 Å². The first-order valence-electron chi connectivity index (χ1n) is 6.56. The fourth-order valence-corrected chi connectivity index (χ4v) is 1.81. The number of benzene rings is 1. The monoisotopic (exact) mass is 229 g/mol. The number of nitrogens with one attached hydrogen (secondary N) is 1. The zero-order valence-corrected chi connectivity index (χ0v) is 11.2. The Hall–Kier alpha value is -1.08. The van der Waals surface area contributed by atoms with E-state index >= 15 is 0 Å². The molecule has 17 heavy (non-hydrogen) atoms. The van der Waals surface area contributed by atoms with Crippen molar-refractivity contribution >= 4 is 6.08 Å². The van der Waals surface area contributed by atoms with E-state index in [1.54, 1.807) is 0 Å². The predicted molar refractivity (Wildman–Crippen MR) is 75.2 cm³/mol. The highest BCUT2D eigenvalue weighted by atomic mass is 14.9. The summed E-state index contributed by atoms with van der Waals surface area (Å²) in [6.45, 7) is 7.73. The Morgan fingerprint density at radius 1 is 1.18 bits per heavy atom. The van der Waals surface area contributed by atoms with E-state index in [2.05, 4.69) is 62.5 Å². The molecule has 0 aromatic heterocycles. The molecule has 0 amide bonds. The van der Waals surface area contributed by atoms with Gasteiger partial charge >= 0.3 is 0 Å². The molecule has 1 heteroatoms. The third-order valence-electron chi connectivity index (χ3n) is 3.19. The minimum absolute atomic E-state index is 0.246. The molecule has 0 aliphatic heterocycles. The van der Waals surface area contributed by atoms with E-state index in [0.717, 1.165) is 12.6 Å². The summed E-state index contributed by atoms with van der Waals surface area (Å²) in [5.41, 5.74) is 2.93. The second-order valence-electron chi connectivity index (χ2n) is 5.96. The first kappa shape index (κ1) is 12.4. The van der Waals surface area contributed by atoms with Crippen molar-refractivity contribution in [2.75, 3.05) is 6.54 Å². The van der Waals surface area contributed by atoms with E-state index in [4.69, 9.17) is 0 Å². The molecule has 0 saturated heterocycles. The van der Waals surface area contributed by atoms with E-state index in [-0.39, 0.29) is 5.41 Å². The summed E-state index contributed by atoms with van der Waals surface area (Å²) < 4.78 is 0. The van der Waals surface area contributed by atoms with E-state index < -0.39 is 0 Å². The lowest BCUT2D eigenvalue weighted by Gasteiger charge is -2.18. The first-order chi connectivity index (χ1) is 8.05. The molecule has 1 saturated carbocycles. The molecule has 0 bridgehead atoms. The molecule has 1 aliphatic rings. The van der Waals surface area contributed by atoms with Crippen molar-refractivity contribution in [3.63, 3.8) is 0 Å². The average Bonchev–Trinajstić information content (AvgIpc) is 3.08. The predicted octanol–water partition coefficient (Wildman–Crippen LogP) is 3.75. The third-order valence-corrected chi connectivity index (χ3v) is 3.19. The minimum atomic E-state index is 0.246. The molecule has 0 heterocycles. The van der Waals surface area contributed by atoms with Gasteiger partial charge in [-0.15, -0.1) is 0 Å². The van der Waals surface area contributed by atoms with Gasteiger partial charge in [0.2, 0.25) is 0 Å². The van der Waals surface area contributed by atoms with E-state index in [9.17, 15) is 0 Å². The first-order valence-corrected chi connectivity index (χ1v) is 6.56. The highest BCUT2D eigenvalue weighted by molar-refractivity contribution is 5.50. The van der Waals surface area contributed by atoms with Crippen LogP contribution in [0.4, 0.5) is 0 Å². The zero-order valence-electron chi connectivity index (χ0n) is 11.2. The average molecular weight is 229 g/mol. The quantitative estimate of drug-likeness (QED) is 0.829. The molecule has 0 radical (unpaired) electrons. The summed E-state index contributed by atoms with van der Waals surface area (Å²) in [6, 6.07) is 9.66. The Bertz CT molecular complexity index is 377. The van der Waals surface area contributed by atoms with Crippen LogP contribution in [0, 0.1) is 0 Å². The van der Waals surface area contributed by atoms with Crippen molar-refractivity contribution in [3.8, 4) is 0 Å². The molecule has 2 rings (SSSR count). The second-order valence-corrected chi connectivity index (χ2v) is 5.96. The van der Waals surface area contributed by atoms with Gasteiger partial charge in [-0.25, -0.2) is 0 Å². The van der Waals surface area contributed by atoms with Crippen LogP contribution in [0.15, 0.2) is 30.3 Å². The van der Waals surface area contributed by atoms with Crippen LogP contribution in [0.2, 0.25) is 0 Å². The summed E-state index contributed by atoms with van der Waals surface area (Å²) in [4.78, 5) is 0. The lowest BCUT2D eigenvalue weighted by atomic mass is 9.87. The van der Waals surface area contributed by atoms with E-state index in [0.29, 0.717) is 0 Å². The van der Waals surface area contributed by atoms with Crippen molar-refractivity contribution in [2.24, 2.45) is 0 Å². The van der Waals surface area contributed by atoms with Crippen LogP contribution in [0.3, 0.4) is 0 Å². The van der Waals surface area contributed by atoms with E-state index in [1.165, 1.54) is 24.0 Å². The van der Waals surface area contributed by atoms with Crippen molar-refractivity contribution in [3.05, 3.63) is 41.5 Å². The van der Waals surface area contributed by atoms with Crippen LogP contribution in [0.5, 0.6) is 0 Å². The molecule has 1 N–H and O–H groups in total.